The SMILES string of the molecule is Cc1cnnc(Oc2cncc(Br)c2)c1. The predicted octanol–water partition coefficient (Wildman–Crippen LogP) is 2.73. The minimum absolute atomic E-state index is 0.468. The monoisotopic (exact) mass is 265 g/mol. The number of nitrogens with zero attached hydrogens (tertiary/aromatic N) is 3. The molecular weight excluding hydrogens is 258 g/mol. The summed E-state index contributed by atoms with van der Waals surface area (Å²) in [5.74, 6) is 1.10. The van der Waals surface area contributed by atoms with E-state index in [9.17, 15) is 0 Å². The summed E-state index contributed by atoms with van der Waals surface area (Å²) in [6, 6.07) is 3.63. The van der Waals surface area contributed by atoms with Gasteiger partial charge in [0, 0.05) is 16.7 Å². The molecule has 0 atom stereocenters. The number of rotatable bonds is 2. The fourth-order valence-electron chi connectivity index (χ4n) is 1.06. The van der Waals surface area contributed by atoms with E-state index in [1.165, 1.54) is 0 Å². The summed E-state index contributed by atoms with van der Waals surface area (Å²) < 4.78 is 6.34. The van der Waals surface area contributed by atoms with E-state index >= 15 is 0 Å². The fraction of sp³-hybridized carbons (Fsp3) is 0.100. The highest BCUT2D eigenvalue weighted by atomic mass is 79.9. The minimum Gasteiger partial charge on any atom is -0.436 e. The van der Waals surface area contributed by atoms with Gasteiger partial charge in [0.1, 0.15) is 5.75 Å². The third-order valence-corrected chi connectivity index (χ3v) is 2.10. The summed E-state index contributed by atoms with van der Waals surface area (Å²) in [5.41, 5.74) is 1.00. The molecule has 2 aromatic rings. The first kappa shape index (κ1) is 10.0. The maximum Gasteiger partial charge on any atom is 0.239 e. The lowest BCUT2D eigenvalue weighted by atomic mass is 10.3. The van der Waals surface area contributed by atoms with Gasteiger partial charge in [-0.25, -0.2) is 0 Å². The Bertz CT molecular complexity index is 432. The largest absolute Gasteiger partial charge is 0.436 e. The van der Waals surface area contributed by atoms with Crippen LogP contribution in [-0.4, -0.2) is 15.2 Å². The summed E-state index contributed by atoms with van der Waals surface area (Å²) >= 11 is 3.31. The van der Waals surface area contributed by atoms with Crippen molar-refractivity contribution in [1.29, 1.82) is 0 Å². The quantitative estimate of drug-likeness (QED) is 0.838. The van der Waals surface area contributed by atoms with Crippen LogP contribution < -0.4 is 4.74 Å². The number of ether oxygens (including phenoxy) is 1. The van der Waals surface area contributed by atoms with Gasteiger partial charge < -0.3 is 4.74 Å². The summed E-state index contributed by atoms with van der Waals surface area (Å²) in [5, 5.41) is 7.64. The van der Waals surface area contributed by atoms with Crippen molar-refractivity contribution in [2.24, 2.45) is 0 Å². The lowest BCUT2D eigenvalue weighted by molar-refractivity contribution is 0.452. The normalized spacial score (nSPS) is 10.0. The topological polar surface area (TPSA) is 47.9 Å². The van der Waals surface area contributed by atoms with Crippen molar-refractivity contribution in [1.82, 2.24) is 15.2 Å². The molecule has 0 amide bonds. The lowest BCUT2D eigenvalue weighted by Gasteiger charge is -2.03. The average molecular weight is 266 g/mol. The van der Waals surface area contributed by atoms with Gasteiger partial charge in [0.2, 0.25) is 5.88 Å². The van der Waals surface area contributed by atoms with Gasteiger partial charge in [0.15, 0.2) is 0 Å². The second-order valence-electron chi connectivity index (χ2n) is 3.01. The molecular formula is C10H8BrN3O. The van der Waals surface area contributed by atoms with E-state index in [1.807, 2.05) is 19.1 Å². The van der Waals surface area contributed by atoms with Crippen LogP contribution in [0, 0.1) is 6.92 Å². The Balaban J connectivity index is 2.22. The van der Waals surface area contributed by atoms with Gasteiger partial charge in [-0.2, -0.15) is 5.10 Å². The maximum absolute atomic E-state index is 5.47. The minimum atomic E-state index is 0.468. The van der Waals surface area contributed by atoms with Gasteiger partial charge >= 0.3 is 0 Å². The highest BCUT2D eigenvalue weighted by Crippen LogP contribution is 2.21. The Morgan fingerprint density at radius 2 is 2.07 bits per heavy atom. The molecule has 0 aliphatic carbocycles. The molecule has 2 rings (SSSR count). The van der Waals surface area contributed by atoms with Crippen LogP contribution in [0.1, 0.15) is 5.56 Å². The Morgan fingerprint density at radius 1 is 1.20 bits per heavy atom. The molecule has 0 spiro atoms. The predicted molar refractivity (Wildman–Crippen MR) is 58.8 cm³/mol. The maximum atomic E-state index is 5.47. The van der Waals surface area contributed by atoms with E-state index in [2.05, 4.69) is 31.1 Å². The molecule has 0 aliphatic rings. The second-order valence-corrected chi connectivity index (χ2v) is 3.93. The number of aromatic nitrogens is 3. The Hall–Kier alpha value is -1.49. The molecule has 0 radical (unpaired) electrons. The standard InChI is InChI=1S/C10H8BrN3O/c1-7-2-10(14-13-4-7)15-9-3-8(11)5-12-6-9/h2-6H,1H3. The smallest absolute Gasteiger partial charge is 0.239 e. The fourth-order valence-corrected chi connectivity index (χ4v) is 1.40. The van der Waals surface area contributed by atoms with Crippen LogP contribution in [-0.2, 0) is 0 Å². The van der Waals surface area contributed by atoms with Crippen LogP contribution >= 0.6 is 15.9 Å². The second kappa shape index (κ2) is 4.35. The third kappa shape index (κ3) is 2.73. The molecule has 2 heterocycles. The molecule has 5 heteroatoms. The van der Waals surface area contributed by atoms with E-state index in [4.69, 9.17) is 4.74 Å². The van der Waals surface area contributed by atoms with Crippen molar-refractivity contribution in [2.75, 3.05) is 0 Å². The number of halogens is 1. The van der Waals surface area contributed by atoms with Crippen LogP contribution in [0.25, 0.3) is 0 Å². The molecule has 0 saturated heterocycles. The van der Waals surface area contributed by atoms with E-state index in [0.29, 0.717) is 11.6 Å². The van der Waals surface area contributed by atoms with Crippen LogP contribution in [0.5, 0.6) is 11.6 Å². The summed E-state index contributed by atoms with van der Waals surface area (Å²) in [6.45, 7) is 1.93. The van der Waals surface area contributed by atoms with Gasteiger partial charge in [0.05, 0.1) is 12.4 Å². The van der Waals surface area contributed by atoms with Crippen molar-refractivity contribution < 1.29 is 4.74 Å². The Labute approximate surface area is 95.5 Å². The first-order valence-electron chi connectivity index (χ1n) is 4.32. The van der Waals surface area contributed by atoms with E-state index in [-0.39, 0.29) is 0 Å². The van der Waals surface area contributed by atoms with Gasteiger partial charge in [-0.3, -0.25) is 4.98 Å². The van der Waals surface area contributed by atoms with Gasteiger partial charge in [-0.1, -0.05) is 0 Å². The van der Waals surface area contributed by atoms with Gasteiger partial charge in [0.25, 0.3) is 0 Å². The molecule has 0 saturated carbocycles. The lowest BCUT2D eigenvalue weighted by Crippen LogP contribution is -1.91. The van der Waals surface area contributed by atoms with Crippen molar-refractivity contribution in [2.45, 2.75) is 6.92 Å². The van der Waals surface area contributed by atoms with Crippen molar-refractivity contribution >= 4 is 15.9 Å². The number of aryl methyl sites for hydroxylation is 1. The number of hydrogen-bond acceptors (Lipinski definition) is 4. The molecule has 15 heavy (non-hydrogen) atoms. The molecule has 0 aromatic carbocycles. The first-order chi connectivity index (χ1) is 7.24. The first-order valence-corrected chi connectivity index (χ1v) is 5.11. The zero-order valence-corrected chi connectivity index (χ0v) is 9.60. The van der Waals surface area contributed by atoms with Crippen molar-refractivity contribution in [3.05, 3.63) is 40.8 Å². The molecule has 0 unspecified atom stereocenters. The van der Waals surface area contributed by atoms with Gasteiger partial charge in [-0.05, 0) is 34.5 Å². The average Bonchev–Trinajstić information content (AvgIpc) is 2.17. The molecule has 0 fully saturated rings. The summed E-state index contributed by atoms with van der Waals surface area (Å²) in [4.78, 5) is 3.98. The summed E-state index contributed by atoms with van der Waals surface area (Å²) in [6.07, 6.45) is 4.98. The molecule has 2 aromatic heterocycles. The third-order valence-electron chi connectivity index (χ3n) is 1.67. The highest BCUT2D eigenvalue weighted by molar-refractivity contribution is 9.10. The van der Waals surface area contributed by atoms with Crippen molar-refractivity contribution in [3.8, 4) is 11.6 Å². The van der Waals surface area contributed by atoms with Crippen LogP contribution in [0.2, 0.25) is 0 Å². The van der Waals surface area contributed by atoms with Crippen molar-refractivity contribution in [3.63, 3.8) is 0 Å². The van der Waals surface area contributed by atoms with E-state index < -0.39 is 0 Å². The van der Waals surface area contributed by atoms with E-state index in [1.54, 1.807) is 18.6 Å². The molecule has 0 bridgehead atoms. The zero-order chi connectivity index (χ0) is 10.7. The Kier molecular flexibility index (Phi) is 2.91. The number of hydrogen-bond donors (Lipinski definition) is 0. The molecule has 0 N–H and O–H groups in total. The van der Waals surface area contributed by atoms with Crippen LogP contribution in [0.15, 0.2) is 35.2 Å². The van der Waals surface area contributed by atoms with Crippen LogP contribution in [0.4, 0.5) is 0 Å². The van der Waals surface area contributed by atoms with E-state index in [0.717, 1.165) is 10.0 Å². The molecule has 0 aliphatic heterocycles. The summed E-state index contributed by atoms with van der Waals surface area (Å²) in [7, 11) is 0. The molecule has 76 valence electrons. The Morgan fingerprint density at radius 3 is 2.80 bits per heavy atom. The zero-order valence-electron chi connectivity index (χ0n) is 8.01. The number of pyridine rings is 1. The molecule has 4 nitrogen and oxygen atoms in total. The highest BCUT2D eigenvalue weighted by Gasteiger charge is 2.00. The van der Waals surface area contributed by atoms with Gasteiger partial charge in [-0.15, -0.1) is 5.10 Å². The van der Waals surface area contributed by atoms with Crippen LogP contribution in [0.3, 0.4) is 0 Å².